The van der Waals surface area contributed by atoms with Gasteiger partial charge in [-0.15, -0.1) is 0 Å². The zero-order chi connectivity index (χ0) is 23.8. The van der Waals surface area contributed by atoms with Gasteiger partial charge < -0.3 is 4.74 Å². The molecule has 0 bridgehead atoms. The monoisotopic (exact) mass is 457 g/mol. The number of hydrogen-bond acceptors (Lipinski definition) is 3. The summed E-state index contributed by atoms with van der Waals surface area (Å²) in [5.41, 5.74) is 2.54. The molecule has 0 saturated heterocycles. The first-order valence-electron chi connectivity index (χ1n) is 14.2. The molecule has 188 valence electrons. The Balaban J connectivity index is 1.40. The lowest BCUT2D eigenvalue weighted by atomic mass is 9.47. The molecule has 4 aliphatic rings. The molecule has 0 radical (unpaired) electrons. The topological polar surface area (TPSA) is 29.5 Å². The third-order valence-electron chi connectivity index (χ3n) is 10.6. The molecule has 4 rings (SSSR count). The van der Waals surface area contributed by atoms with Crippen molar-refractivity contribution in [2.24, 2.45) is 40.4 Å². The van der Waals surface area contributed by atoms with Gasteiger partial charge in [0.1, 0.15) is 6.10 Å². The molecule has 0 aliphatic heterocycles. The van der Waals surface area contributed by atoms with E-state index in [-0.39, 0.29) is 12.1 Å². The second-order valence-corrected chi connectivity index (χ2v) is 13.3. The quantitative estimate of drug-likeness (QED) is 0.218. The standard InChI is InChI=1S/C30H51NO2/c1-21(2)9-7-8-10-22-12-14-26-25-13-11-23-19-24(33-28(32)20-31(5)6)15-17-30(23,4)27(25)16-18-29(22,26)3/h11,21-22,24-27H,7-10,12-20H2,1-6H3/t22-,24?,25-,26?,27?,29+,30-/m0/s1. The fraction of sp³-hybridized carbons (Fsp3) is 0.900. The van der Waals surface area contributed by atoms with Crippen molar-refractivity contribution in [3.8, 4) is 0 Å². The highest BCUT2D eigenvalue weighted by molar-refractivity contribution is 5.71. The van der Waals surface area contributed by atoms with Crippen LogP contribution < -0.4 is 0 Å². The fourth-order valence-electron chi connectivity index (χ4n) is 8.74. The zero-order valence-corrected chi connectivity index (χ0v) is 22.5. The van der Waals surface area contributed by atoms with Gasteiger partial charge in [-0.3, -0.25) is 9.69 Å². The van der Waals surface area contributed by atoms with E-state index in [4.69, 9.17) is 4.74 Å². The van der Waals surface area contributed by atoms with Crippen molar-refractivity contribution in [2.45, 2.75) is 111 Å². The Labute approximate surface area is 204 Å². The van der Waals surface area contributed by atoms with Gasteiger partial charge in [0.05, 0.1) is 6.54 Å². The van der Waals surface area contributed by atoms with E-state index < -0.39 is 0 Å². The lowest BCUT2D eigenvalue weighted by Gasteiger charge is -2.58. The molecule has 0 N–H and O–H groups in total. The largest absolute Gasteiger partial charge is 0.461 e. The molecule has 0 aromatic heterocycles. The van der Waals surface area contributed by atoms with Crippen LogP contribution in [0.4, 0.5) is 0 Å². The molecule has 33 heavy (non-hydrogen) atoms. The maximum absolute atomic E-state index is 12.2. The number of carbonyl (C=O) groups excluding carboxylic acids is 1. The molecular weight excluding hydrogens is 406 g/mol. The van der Waals surface area contributed by atoms with Crippen LogP contribution >= 0.6 is 0 Å². The molecule has 4 aliphatic carbocycles. The molecule has 0 amide bonds. The van der Waals surface area contributed by atoms with E-state index in [1.54, 1.807) is 5.57 Å². The summed E-state index contributed by atoms with van der Waals surface area (Å²) < 4.78 is 5.87. The van der Waals surface area contributed by atoms with Crippen molar-refractivity contribution in [3.63, 3.8) is 0 Å². The fourth-order valence-corrected chi connectivity index (χ4v) is 8.74. The van der Waals surface area contributed by atoms with E-state index in [2.05, 4.69) is 33.8 Å². The van der Waals surface area contributed by atoms with Crippen LogP contribution in [0, 0.1) is 40.4 Å². The van der Waals surface area contributed by atoms with Gasteiger partial charge in [0.15, 0.2) is 0 Å². The number of carbonyl (C=O) groups is 1. The molecule has 0 spiro atoms. The van der Waals surface area contributed by atoms with Crippen molar-refractivity contribution >= 4 is 5.97 Å². The molecule has 3 nitrogen and oxygen atoms in total. The van der Waals surface area contributed by atoms with E-state index >= 15 is 0 Å². The second-order valence-electron chi connectivity index (χ2n) is 13.3. The summed E-state index contributed by atoms with van der Waals surface area (Å²) in [4.78, 5) is 14.1. The Hall–Kier alpha value is -0.830. The van der Waals surface area contributed by atoms with E-state index in [0.29, 0.717) is 17.4 Å². The molecular formula is C30H51NO2. The van der Waals surface area contributed by atoms with E-state index in [0.717, 1.165) is 42.4 Å². The third-order valence-corrected chi connectivity index (χ3v) is 10.6. The Morgan fingerprint density at radius 2 is 1.88 bits per heavy atom. The summed E-state index contributed by atoms with van der Waals surface area (Å²) in [6, 6.07) is 0. The highest BCUT2D eigenvalue weighted by Crippen LogP contribution is 2.66. The van der Waals surface area contributed by atoms with Gasteiger partial charge in [-0.05, 0) is 106 Å². The SMILES string of the molecule is CC(C)CCCC[C@H]1CCC2[C@@H]3CC=C4CC(OC(=O)CN(C)C)CC[C@]4(C)C3CC[C@@]21C. The van der Waals surface area contributed by atoms with Gasteiger partial charge >= 0.3 is 5.97 Å². The number of esters is 1. The number of fused-ring (bicyclic) bond motifs is 5. The summed E-state index contributed by atoms with van der Waals surface area (Å²) in [7, 11) is 3.86. The molecule has 0 aromatic rings. The Morgan fingerprint density at radius 3 is 2.61 bits per heavy atom. The van der Waals surface area contributed by atoms with Gasteiger partial charge in [0, 0.05) is 6.42 Å². The molecule has 0 heterocycles. The number of likely N-dealkylation sites (N-methyl/N-ethyl adjacent to an activating group) is 1. The van der Waals surface area contributed by atoms with E-state index in [1.807, 2.05) is 19.0 Å². The van der Waals surface area contributed by atoms with Crippen LogP contribution in [0.2, 0.25) is 0 Å². The normalized spacial score (nSPS) is 40.2. The van der Waals surface area contributed by atoms with Crippen molar-refractivity contribution in [1.29, 1.82) is 0 Å². The van der Waals surface area contributed by atoms with Crippen LogP contribution in [-0.2, 0) is 9.53 Å². The van der Waals surface area contributed by atoms with Gasteiger partial charge in [0.2, 0.25) is 0 Å². The minimum Gasteiger partial charge on any atom is -0.461 e. The van der Waals surface area contributed by atoms with Crippen molar-refractivity contribution in [1.82, 2.24) is 4.90 Å². The smallest absolute Gasteiger partial charge is 0.320 e. The van der Waals surface area contributed by atoms with Crippen molar-refractivity contribution < 1.29 is 9.53 Å². The van der Waals surface area contributed by atoms with Crippen molar-refractivity contribution in [3.05, 3.63) is 11.6 Å². The summed E-state index contributed by atoms with van der Waals surface area (Å²) in [5, 5.41) is 0. The highest BCUT2D eigenvalue weighted by Gasteiger charge is 2.58. The summed E-state index contributed by atoms with van der Waals surface area (Å²) in [5.74, 6) is 4.39. The number of ether oxygens (including phenoxy) is 1. The lowest BCUT2D eigenvalue weighted by Crippen LogP contribution is -2.50. The maximum Gasteiger partial charge on any atom is 0.320 e. The Bertz CT molecular complexity index is 727. The van der Waals surface area contributed by atoms with E-state index in [1.165, 1.54) is 64.2 Å². The van der Waals surface area contributed by atoms with Gasteiger partial charge in [-0.2, -0.15) is 0 Å². The summed E-state index contributed by atoms with van der Waals surface area (Å²) in [6.07, 6.45) is 18.7. The first-order valence-corrected chi connectivity index (χ1v) is 14.2. The van der Waals surface area contributed by atoms with Crippen LogP contribution in [0.15, 0.2) is 11.6 Å². The second kappa shape index (κ2) is 10.0. The maximum atomic E-state index is 12.2. The average molecular weight is 458 g/mol. The van der Waals surface area contributed by atoms with Gasteiger partial charge in [0.25, 0.3) is 0 Å². The minimum absolute atomic E-state index is 0.0679. The third kappa shape index (κ3) is 5.09. The van der Waals surface area contributed by atoms with Crippen LogP contribution in [0.3, 0.4) is 0 Å². The molecule has 3 heteroatoms. The number of rotatable bonds is 8. The van der Waals surface area contributed by atoms with Crippen LogP contribution in [0.25, 0.3) is 0 Å². The zero-order valence-electron chi connectivity index (χ0n) is 22.5. The molecule has 0 aromatic carbocycles. The molecule has 3 saturated carbocycles. The molecule has 3 unspecified atom stereocenters. The number of nitrogens with zero attached hydrogens (tertiary/aromatic N) is 1. The lowest BCUT2D eigenvalue weighted by molar-refractivity contribution is -0.152. The van der Waals surface area contributed by atoms with Gasteiger partial charge in [-0.1, -0.05) is 58.6 Å². The summed E-state index contributed by atoms with van der Waals surface area (Å²) >= 11 is 0. The minimum atomic E-state index is -0.0679. The first-order chi connectivity index (χ1) is 15.6. The van der Waals surface area contributed by atoms with Crippen molar-refractivity contribution in [2.75, 3.05) is 20.6 Å². The van der Waals surface area contributed by atoms with Crippen LogP contribution in [-0.4, -0.2) is 37.6 Å². The highest BCUT2D eigenvalue weighted by atomic mass is 16.5. The predicted octanol–water partition coefficient (Wildman–Crippen LogP) is 7.26. The van der Waals surface area contributed by atoms with Gasteiger partial charge in [-0.25, -0.2) is 0 Å². The number of allylic oxidation sites excluding steroid dienone is 1. The number of unbranched alkanes of at least 4 members (excludes halogenated alkanes) is 1. The first kappa shape index (κ1) is 25.3. The van der Waals surface area contributed by atoms with Crippen LogP contribution in [0.5, 0.6) is 0 Å². The van der Waals surface area contributed by atoms with E-state index in [9.17, 15) is 4.79 Å². The number of hydrogen-bond donors (Lipinski definition) is 0. The molecule has 3 fully saturated rings. The Morgan fingerprint density at radius 1 is 1.09 bits per heavy atom. The predicted molar refractivity (Wildman–Crippen MR) is 137 cm³/mol. The Kier molecular flexibility index (Phi) is 7.68. The van der Waals surface area contributed by atoms with Crippen LogP contribution in [0.1, 0.15) is 105 Å². The summed E-state index contributed by atoms with van der Waals surface area (Å²) in [6.45, 7) is 10.4. The average Bonchev–Trinajstić information content (AvgIpc) is 3.07. The molecule has 7 atom stereocenters.